The number of hydrogen-bond donors (Lipinski definition) is 2. The van der Waals surface area contributed by atoms with Crippen molar-refractivity contribution in [2.24, 2.45) is 5.73 Å². The highest BCUT2D eigenvalue weighted by Gasteiger charge is 2.22. The summed E-state index contributed by atoms with van der Waals surface area (Å²) < 4.78 is 1.93. The molecule has 8 nitrogen and oxygen atoms in total. The van der Waals surface area contributed by atoms with E-state index in [0.29, 0.717) is 30.7 Å². The van der Waals surface area contributed by atoms with E-state index in [1.54, 1.807) is 17.9 Å². The molecule has 1 aliphatic heterocycles. The normalized spacial score (nSPS) is 13.9. The molecule has 0 radical (unpaired) electrons. The van der Waals surface area contributed by atoms with Gasteiger partial charge in [-0.2, -0.15) is 10.2 Å². The summed E-state index contributed by atoms with van der Waals surface area (Å²) in [5.74, 6) is 0.0538. The predicted molar refractivity (Wildman–Crippen MR) is 92.6 cm³/mol. The molecule has 25 heavy (non-hydrogen) atoms. The number of nitrogens with two attached hydrogens (primary N) is 1. The van der Waals surface area contributed by atoms with E-state index in [-0.39, 0.29) is 18.0 Å². The lowest BCUT2D eigenvalue weighted by Gasteiger charge is -2.27. The minimum atomic E-state index is -0.237. The first-order valence-electron chi connectivity index (χ1n) is 8.10. The van der Waals surface area contributed by atoms with Crippen molar-refractivity contribution >= 4 is 16.7 Å². The van der Waals surface area contributed by atoms with Gasteiger partial charge in [-0.15, -0.1) is 0 Å². The number of nitrogens with zero attached hydrogens (tertiary/aromatic N) is 4. The van der Waals surface area contributed by atoms with Crippen LogP contribution in [-0.4, -0.2) is 37.3 Å². The molecule has 4 rings (SSSR count). The van der Waals surface area contributed by atoms with E-state index >= 15 is 0 Å². The van der Waals surface area contributed by atoms with Crippen LogP contribution < -0.4 is 11.3 Å². The van der Waals surface area contributed by atoms with Crippen LogP contribution in [0.15, 0.2) is 29.2 Å². The smallest absolute Gasteiger partial charge is 0.272 e. The van der Waals surface area contributed by atoms with Gasteiger partial charge in [-0.25, -0.2) is 5.10 Å². The molecular weight excluding hydrogens is 320 g/mol. The van der Waals surface area contributed by atoms with Crippen molar-refractivity contribution < 1.29 is 4.79 Å². The van der Waals surface area contributed by atoms with Crippen LogP contribution in [0.2, 0.25) is 0 Å². The fourth-order valence-corrected chi connectivity index (χ4v) is 3.30. The third-order valence-corrected chi connectivity index (χ3v) is 4.69. The van der Waals surface area contributed by atoms with Gasteiger partial charge < -0.3 is 10.6 Å². The van der Waals surface area contributed by atoms with Gasteiger partial charge in [0.15, 0.2) is 0 Å². The number of amides is 1. The summed E-state index contributed by atoms with van der Waals surface area (Å²) in [5, 5.41) is 12.2. The predicted octanol–water partition coefficient (Wildman–Crippen LogP) is 0.607. The second-order valence-corrected chi connectivity index (χ2v) is 6.13. The van der Waals surface area contributed by atoms with Crippen LogP contribution >= 0.6 is 0 Å². The Morgan fingerprint density at radius 2 is 2.16 bits per heavy atom. The summed E-state index contributed by atoms with van der Waals surface area (Å²) in [7, 11) is 0. The number of hydrogen-bond acceptors (Lipinski definition) is 5. The molecule has 128 valence electrons. The van der Waals surface area contributed by atoms with E-state index in [9.17, 15) is 9.59 Å². The molecule has 0 bridgehead atoms. The van der Waals surface area contributed by atoms with Gasteiger partial charge in [0.05, 0.1) is 36.1 Å². The van der Waals surface area contributed by atoms with Crippen molar-refractivity contribution in [1.29, 1.82) is 0 Å². The maximum atomic E-state index is 12.0. The topological polar surface area (TPSA) is 110 Å². The van der Waals surface area contributed by atoms with Gasteiger partial charge in [-0.05, 0) is 17.7 Å². The molecule has 0 saturated carbocycles. The molecule has 0 fully saturated rings. The second-order valence-electron chi connectivity index (χ2n) is 6.13. The molecule has 1 aliphatic rings. The minimum absolute atomic E-state index is 0.0538. The maximum absolute atomic E-state index is 12.0. The van der Waals surface area contributed by atoms with Gasteiger partial charge in [0.1, 0.15) is 0 Å². The molecule has 3 N–H and O–H groups in total. The molecule has 0 unspecified atom stereocenters. The zero-order valence-corrected chi connectivity index (χ0v) is 13.8. The summed E-state index contributed by atoms with van der Waals surface area (Å²) in [6.45, 7) is 3.68. The molecule has 3 heterocycles. The zero-order chi connectivity index (χ0) is 17.6. The number of nitrogens with one attached hydrogen (secondary N) is 1. The first-order valence-corrected chi connectivity index (χ1v) is 8.10. The lowest BCUT2D eigenvalue weighted by atomic mass is 10.0. The van der Waals surface area contributed by atoms with Crippen LogP contribution in [0.25, 0.3) is 21.9 Å². The van der Waals surface area contributed by atoms with Crippen LogP contribution in [0.1, 0.15) is 18.3 Å². The molecule has 0 atom stereocenters. The molecule has 0 saturated heterocycles. The van der Waals surface area contributed by atoms with E-state index in [4.69, 9.17) is 5.73 Å². The Morgan fingerprint density at radius 1 is 1.32 bits per heavy atom. The molecule has 3 aromatic rings. The SMILES string of the molecule is CC(=O)N1CCn2ncc(-c3ccc4c(=O)[nH]nc(CN)c4c3)c2C1. The summed E-state index contributed by atoms with van der Waals surface area (Å²) in [6, 6.07) is 5.59. The Kier molecular flexibility index (Phi) is 3.61. The Balaban J connectivity index is 1.85. The van der Waals surface area contributed by atoms with Crippen molar-refractivity contribution in [3.63, 3.8) is 0 Å². The van der Waals surface area contributed by atoms with Crippen molar-refractivity contribution in [3.8, 4) is 11.1 Å². The molecule has 0 spiro atoms. The highest BCUT2D eigenvalue weighted by atomic mass is 16.2. The lowest BCUT2D eigenvalue weighted by Crippen LogP contribution is -2.37. The number of H-pyrrole nitrogens is 1. The van der Waals surface area contributed by atoms with Crippen LogP contribution in [0.5, 0.6) is 0 Å². The van der Waals surface area contributed by atoms with E-state index in [2.05, 4.69) is 15.3 Å². The van der Waals surface area contributed by atoms with Crippen LogP contribution in [0.4, 0.5) is 0 Å². The van der Waals surface area contributed by atoms with Crippen molar-refractivity contribution in [2.45, 2.75) is 26.6 Å². The fraction of sp³-hybridized carbons (Fsp3) is 0.294. The van der Waals surface area contributed by atoms with Crippen molar-refractivity contribution in [2.75, 3.05) is 6.54 Å². The van der Waals surface area contributed by atoms with Crippen LogP contribution in [-0.2, 0) is 24.4 Å². The van der Waals surface area contributed by atoms with Crippen molar-refractivity contribution in [1.82, 2.24) is 24.9 Å². The van der Waals surface area contributed by atoms with E-state index in [1.807, 2.05) is 23.0 Å². The summed E-state index contributed by atoms with van der Waals surface area (Å²) in [6.07, 6.45) is 1.81. The van der Waals surface area contributed by atoms with E-state index in [0.717, 1.165) is 22.2 Å². The molecule has 1 amide bonds. The van der Waals surface area contributed by atoms with Crippen LogP contribution in [0.3, 0.4) is 0 Å². The van der Waals surface area contributed by atoms with Gasteiger partial charge in [0, 0.05) is 31.0 Å². The monoisotopic (exact) mass is 338 g/mol. The van der Waals surface area contributed by atoms with Crippen molar-refractivity contribution in [3.05, 3.63) is 46.1 Å². The van der Waals surface area contributed by atoms with Gasteiger partial charge in [0.2, 0.25) is 5.91 Å². The fourth-order valence-electron chi connectivity index (χ4n) is 3.30. The first kappa shape index (κ1) is 15.5. The Hall–Kier alpha value is -3.00. The van der Waals surface area contributed by atoms with Gasteiger partial charge >= 0.3 is 0 Å². The average Bonchev–Trinajstić information content (AvgIpc) is 3.05. The van der Waals surface area contributed by atoms with Gasteiger partial charge in [0.25, 0.3) is 5.56 Å². The number of carbonyl (C=O) groups is 1. The molecule has 0 aliphatic carbocycles. The van der Waals surface area contributed by atoms with Crippen LogP contribution in [0, 0.1) is 0 Å². The van der Waals surface area contributed by atoms with Gasteiger partial charge in [-0.3, -0.25) is 14.3 Å². The van der Waals surface area contributed by atoms with E-state index in [1.165, 1.54) is 0 Å². The Bertz CT molecular complexity index is 1040. The number of carbonyl (C=O) groups excluding carboxylic acids is 1. The third kappa shape index (κ3) is 2.51. The second kappa shape index (κ2) is 5.82. The highest BCUT2D eigenvalue weighted by molar-refractivity contribution is 5.88. The number of benzene rings is 1. The summed E-state index contributed by atoms with van der Waals surface area (Å²) in [5.41, 5.74) is 9.04. The molecule has 8 heteroatoms. The quantitative estimate of drug-likeness (QED) is 0.711. The minimum Gasteiger partial charge on any atom is -0.335 e. The number of aromatic amines is 1. The number of rotatable bonds is 2. The lowest BCUT2D eigenvalue weighted by molar-refractivity contribution is -0.130. The maximum Gasteiger partial charge on any atom is 0.272 e. The number of fused-ring (bicyclic) bond motifs is 2. The zero-order valence-electron chi connectivity index (χ0n) is 13.8. The molecular formula is C17H18N6O2. The number of aromatic nitrogens is 4. The van der Waals surface area contributed by atoms with E-state index < -0.39 is 0 Å². The molecule has 2 aromatic heterocycles. The average molecular weight is 338 g/mol. The summed E-state index contributed by atoms with van der Waals surface area (Å²) in [4.78, 5) is 25.5. The molecule has 1 aromatic carbocycles. The summed E-state index contributed by atoms with van der Waals surface area (Å²) >= 11 is 0. The third-order valence-electron chi connectivity index (χ3n) is 4.69. The van der Waals surface area contributed by atoms with Gasteiger partial charge in [-0.1, -0.05) is 6.07 Å². The highest BCUT2D eigenvalue weighted by Crippen LogP contribution is 2.29. The Morgan fingerprint density at radius 3 is 2.92 bits per heavy atom. The standard InChI is InChI=1S/C17H18N6O2/c1-10(24)22-4-5-23-16(9-22)14(8-19-23)11-2-3-12-13(6-11)15(7-18)20-21-17(12)25/h2-3,6,8H,4-5,7,9,18H2,1H3,(H,21,25). The Labute approximate surface area is 143 Å². The largest absolute Gasteiger partial charge is 0.335 e. The first-order chi connectivity index (χ1) is 12.1.